The smallest absolute Gasteiger partial charge is 0.414 e. The molecule has 0 radical (unpaired) electrons. The number of amides is 2. The van der Waals surface area contributed by atoms with Crippen LogP contribution >= 0.6 is 11.3 Å². The second-order valence-electron chi connectivity index (χ2n) is 8.22. The van der Waals surface area contributed by atoms with Crippen LogP contribution in [0.2, 0.25) is 0 Å². The summed E-state index contributed by atoms with van der Waals surface area (Å²) in [6.45, 7) is 0.706. The lowest BCUT2D eigenvalue weighted by molar-refractivity contribution is -0.133. The number of cyclic esters (lactones) is 1. The van der Waals surface area contributed by atoms with Crippen molar-refractivity contribution in [2.24, 2.45) is 0 Å². The molecule has 2 aliphatic rings. The Morgan fingerprint density at radius 1 is 1.19 bits per heavy atom. The monoisotopic (exact) mass is 529 g/mol. The Labute approximate surface area is 207 Å². The molecule has 1 aromatic carbocycles. The summed E-state index contributed by atoms with van der Waals surface area (Å²) >= 11 is 1.36. The summed E-state index contributed by atoms with van der Waals surface area (Å²) in [5, 5.41) is 3.84. The van der Waals surface area contributed by atoms with E-state index in [1.807, 2.05) is 0 Å². The van der Waals surface area contributed by atoms with Crippen molar-refractivity contribution in [3.8, 4) is 0 Å². The fourth-order valence-corrected chi connectivity index (χ4v) is 4.65. The zero-order valence-electron chi connectivity index (χ0n) is 19.0. The van der Waals surface area contributed by atoms with Gasteiger partial charge in [0.05, 0.1) is 25.2 Å². The van der Waals surface area contributed by atoms with Gasteiger partial charge >= 0.3 is 6.09 Å². The molecule has 0 bridgehead atoms. The Balaban J connectivity index is 1.40. The molecule has 9 nitrogen and oxygen atoms in total. The normalized spacial score (nSPS) is 18.5. The van der Waals surface area contributed by atoms with E-state index in [1.165, 1.54) is 21.2 Å². The lowest BCUT2D eigenvalue weighted by Crippen LogP contribution is -2.44. The molecular formula is C22H23F4N5O4S. The van der Waals surface area contributed by atoms with E-state index in [0.29, 0.717) is 5.01 Å². The first kappa shape index (κ1) is 25.8. The zero-order valence-corrected chi connectivity index (χ0v) is 19.8. The third-order valence-corrected chi connectivity index (χ3v) is 6.60. The summed E-state index contributed by atoms with van der Waals surface area (Å²) in [5.74, 6) is -3.28. The average molecular weight is 530 g/mol. The van der Waals surface area contributed by atoms with Crippen LogP contribution in [-0.4, -0.2) is 73.0 Å². The number of ketones is 1. The van der Waals surface area contributed by atoms with Crippen molar-refractivity contribution in [1.82, 2.24) is 15.4 Å². The number of aromatic nitrogens is 1. The summed E-state index contributed by atoms with van der Waals surface area (Å²) in [6, 6.07) is 1.99. The number of halogens is 4. The van der Waals surface area contributed by atoms with Crippen molar-refractivity contribution in [3.63, 3.8) is 0 Å². The topological polar surface area (TPSA) is 95.1 Å². The minimum Gasteiger partial charge on any atom is -0.444 e. The molecule has 36 heavy (non-hydrogen) atoms. The lowest BCUT2D eigenvalue weighted by atomic mass is 10.1. The van der Waals surface area contributed by atoms with Crippen molar-refractivity contribution in [2.45, 2.75) is 31.8 Å². The van der Waals surface area contributed by atoms with Gasteiger partial charge in [0.1, 0.15) is 16.8 Å². The maximum Gasteiger partial charge on any atom is 0.414 e. The van der Waals surface area contributed by atoms with E-state index < -0.39 is 42.5 Å². The van der Waals surface area contributed by atoms with E-state index in [1.54, 1.807) is 11.6 Å². The van der Waals surface area contributed by atoms with Gasteiger partial charge < -0.3 is 9.64 Å². The summed E-state index contributed by atoms with van der Waals surface area (Å²) in [7, 11) is 0. The number of hydrogen-bond donors (Lipinski definition) is 1. The fourth-order valence-electron chi connectivity index (χ4n) is 4.04. The number of carbonyl (C=O) groups excluding carboxylic acids is 3. The first-order chi connectivity index (χ1) is 17.2. The molecule has 1 atom stereocenters. The molecule has 1 N–H and O–H groups in total. The summed E-state index contributed by atoms with van der Waals surface area (Å²) in [5.41, 5.74) is 2.58. The number of alkyl halides is 2. The van der Waals surface area contributed by atoms with Gasteiger partial charge in [0.2, 0.25) is 5.91 Å². The number of anilines is 2. The van der Waals surface area contributed by atoms with Crippen LogP contribution in [0.5, 0.6) is 0 Å². The number of Topliss-reactive ketones (excluding diaryl/α,β-unsaturated/α-hetero) is 1. The Kier molecular flexibility index (Phi) is 8.04. The van der Waals surface area contributed by atoms with Gasteiger partial charge in [-0.05, 0) is 6.42 Å². The largest absolute Gasteiger partial charge is 0.444 e. The molecule has 2 aliphatic heterocycles. The summed E-state index contributed by atoms with van der Waals surface area (Å²) in [6.07, 6.45) is -3.71. The van der Waals surface area contributed by atoms with Crippen LogP contribution in [0.15, 0.2) is 23.7 Å². The number of hydrazine groups is 1. The van der Waals surface area contributed by atoms with Crippen LogP contribution in [0.3, 0.4) is 0 Å². The Bertz CT molecular complexity index is 1100. The predicted molar refractivity (Wildman–Crippen MR) is 122 cm³/mol. The van der Waals surface area contributed by atoms with Crippen molar-refractivity contribution in [3.05, 3.63) is 40.4 Å². The molecule has 4 rings (SSSR count). The molecule has 2 amide bonds. The molecule has 14 heteroatoms. The number of nitrogens with zero attached hydrogens (tertiary/aromatic N) is 4. The van der Waals surface area contributed by atoms with Crippen molar-refractivity contribution < 1.29 is 36.7 Å². The molecule has 0 aliphatic carbocycles. The van der Waals surface area contributed by atoms with Gasteiger partial charge in [-0.2, -0.15) is 0 Å². The number of hydrogen-bond acceptors (Lipinski definition) is 8. The van der Waals surface area contributed by atoms with E-state index in [0.717, 1.165) is 17.0 Å². The number of rotatable bonds is 8. The molecule has 1 aromatic heterocycles. The molecule has 3 heterocycles. The first-order valence-corrected chi connectivity index (χ1v) is 12.1. The van der Waals surface area contributed by atoms with Crippen LogP contribution in [0.25, 0.3) is 0 Å². The van der Waals surface area contributed by atoms with Crippen LogP contribution in [0, 0.1) is 11.6 Å². The highest BCUT2D eigenvalue weighted by atomic mass is 32.1. The van der Waals surface area contributed by atoms with Gasteiger partial charge in [-0.25, -0.2) is 32.8 Å². The maximum atomic E-state index is 15.1. The zero-order chi connectivity index (χ0) is 25.8. The van der Waals surface area contributed by atoms with Gasteiger partial charge in [0.25, 0.3) is 6.43 Å². The number of benzene rings is 1. The molecule has 0 spiro atoms. The van der Waals surface area contributed by atoms with Crippen LogP contribution < -0.4 is 15.2 Å². The van der Waals surface area contributed by atoms with E-state index >= 15 is 8.78 Å². The number of carbonyl (C=O) groups is 3. The molecule has 2 saturated heterocycles. The highest BCUT2D eigenvalue weighted by Gasteiger charge is 2.34. The van der Waals surface area contributed by atoms with Crippen LogP contribution in [0.1, 0.15) is 17.8 Å². The van der Waals surface area contributed by atoms with Crippen LogP contribution in [0.4, 0.5) is 33.7 Å². The highest BCUT2D eigenvalue weighted by molar-refractivity contribution is 7.09. The molecule has 2 fully saturated rings. The van der Waals surface area contributed by atoms with Gasteiger partial charge in [0.15, 0.2) is 17.4 Å². The van der Waals surface area contributed by atoms with Gasteiger partial charge in [0, 0.05) is 49.8 Å². The number of thiazole rings is 1. The standard InChI is InChI=1S/C22H23F4N5O4S/c23-15-9-13(30-12-14(35-22(30)34)1-2-17(32)21(25)26)10-16(24)20(15)29-5-3-28-31(7-6-29)19(33)11-18-27-4-8-36-18/h4,8-10,14,21,28H,1-3,5-7,11-12H2/t14-/m0/s1. The van der Waals surface area contributed by atoms with Crippen LogP contribution in [-0.2, 0) is 20.7 Å². The minimum atomic E-state index is -3.11. The quantitative estimate of drug-likeness (QED) is 0.526. The third-order valence-electron chi connectivity index (χ3n) is 5.82. The second-order valence-corrected chi connectivity index (χ2v) is 9.20. The fraction of sp³-hybridized carbons (Fsp3) is 0.455. The SMILES string of the molecule is O=C(CC[C@H]1CN(c2cc(F)c(N3CCNN(C(=O)Cc4nccs4)CC3)c(F)c2)C(=O)O1)C(F)F. The Morgan fingerprint density at radius 3 is 2.61 bits per heavy atom. The summed E-state index contributed by atoms with van der Waals surface area (Å²) in [4.78, 5) is 42.4. The van der Waals surface area contributed by atoms with E-state index in [2.05, 4.69) is 10.4 Å². The molecular weight excluding hydrogens is 506 g/mol. The van der Waals surface area contributed by atoms with Gasteiger partial charge in [-0.3, -0.25) is 19.5 Å². The second kappa shape index (κ2) is 11.2. The molecule has 0 saturated carbocycles. The number of nitrogens with one attached hydrogen (secondary N) is 1. The Morgan fingerprint density at radius 2 is 1.94 bits per heavy atom. The lowest BCUT2D eigenvalue weighted by Gasteiger charge is -2.25. The molecule has 2 aromatic rings. The Hall–Kier alpha value is -3.26. The first-order valence-electron chi connectivity index (χ1n) is 11.2. The van der Waals surface area contributed by atoms with Gasteiger partial charge in [-0.15, -0.1) is 11.3 Å². The van der Waals surface area contributed by atoms with Crippen molar-refractivity contribution in [2.75, 3.05) is 42.5 Å². The van der Waals surface area contributed by atoms with E-state index in [9.17, 15) is 23.2 Å². The predicted octanol–water partition coefficient (Wildman–Crippen LogP) is 2.76. The molecule has 194 valence electrons. The van der Waals surface area contributed by atoms with E-state index in [4.69, 9.17) is 4.74 Å². The van der Waals surface area contributed by atoms with E-state index in [-0.39, 0.29) is 62.8 Å². The summed E-state index contributed by atoms with van der Waals surface area (Å²) < 4.78 is 59.9. The minimum absolute atomic E-state index is 0.0883. The number of ether oxygens (including phenoxy) is 1. The average Bonchev–Trinajstić information content (AvgIpc) is 3.40. The maximum absolute atomic E-state index is 15.1. The van der Waals surface area contributed by atoms with Crippen molar-refractivity contribution >= 4 is 40.5 Å². The van der Waals surface area contributed by atoms with Crippen molar-refractivity contribution in [1.29, 1.82) is 0 Å². The van der Waals surface area contributed by atoms with Gasteiger partial charge in [-0.1, -0.05) is 0 Å². The highest BCUT2D eigenvalue weighted by Crippen LogP contribution is 2.32. The third kappa shape index (κ3) is 5.93. The molecule has 0 unspecified atom stereocenters.